The second kappa shape index (κ2) is 5.74. The lowest BCUT2D eigenvalue weighted by Gasteiger charge is -2.17. The summed E-state index contributed by atoms with van der Waals surface area (Å²) in [7, 11) is 0. The summed E-state index contributed by atoms with van der Waals surface area (Å²) in [6.45, 7) is 3.41. The van der Waals surface area contributed by atoms with E-state index < -0.39 is 0 Å². The predicted molar refractivity (Wildman–Crippen MR) is 86.7 cm³/mol. The molecule has 3 rings (SSSR count). The second-order valence-electron chi connectivity index (χ2n) is 5.19. The summed E-state index contributed by atoms with van der Waals surface area (Å²) in [5, 5.41) is 0.702. The average molecular weight is 298 g/mol. The molecule has 1 aliphatic rings. The minimum atomic E-state index is 0.0632. The maximum absolute atomic E-state index is 12.5. The average Bonchev–Trinajstić information content (AvgIpc) is 3.02. The van der Waals surface area contributed by atoms with Gasteiger partial charge >= 0.3 is 0 Å². The fourth-order valence-electron chi connectivity index (χ4n) is 2.55. The largest absolute Gasteiger partial charge is 0.331 e. The van der Waals surface area contributed by atoms with Gasteiger partial charge in [0.2, 0.25) is 0 Å². The molecule has 0 atom stereocenters. The van der Waals surface area contributed by atoms with Gasteiger partial charge in [0.25, 0.3) is 5.91 Å². The molecule has 0 N–H and O–H groups in total. The van der Waals surface area contributed by atoms with E-state index in [2.05, 4.69) is 0 Å². The molecule has 0 unspecified atom stereocenters. The van der Waals surface area contributed by atoms with Crippen LogP contribution in [0, 0.1) is 6.92 Å². The van der Waals surface area contributed by atoms with Crippen molar-refractivity contribution >= 4 is 17.5 Å². The minimum absolute atomic E-state index is 0.0632. The number of carbonyl (C=O) groups excluding carboxylic acids is 1. The van der Waals surface area contributed by atoms with Crippen LogP contribution in [0.25, 0.3) is 11.1 Å². The molecule has 1 heterocycles. The molecule has 1 amide bonds. The van der Waals surface area contributed by atoms with E-state index in [0.717, 1.165) is 16.7 Å². The molecule has 0 saturated carbocycles. The SMILES string of the molecule is Cc1ccc(C(=O)N2CC=CC2)cc1-c1ccccc1Cl. The highest BCUT2D eigenvalue weighted by Crippen LogP contribution is 2.31. The Balaban J connectivity index is 2.01. The zero-order chi connectivity index (χ0) is 14.8. The van der Waals surface area contributed by atoms with Crippen LogP contribution in [0.4, 0.5) is 0 Å². The number of benzene rings is 2. The van der Waals surface area contributed by atoms with Gasteiger partial charge < -0.3 is 4.90 Å². The minimum Gasteiger partial charge on any atom is -0.331 e. The van der Waals surface area contributed by atoms with Crippen molar-refractivity contribution in [2.24, 2.45) is 0 Å². The van der Waals surface area contributed by atoms with Crippen LogP contribution in [-0.2, 0) is 0 Å². The summed E-state index contributed by atoms with van der Waals surface area (Å²) in [5.41, 5.74) is 3.79. The molecule has 2 aromatic carbocycles. The lowest BCUT2D eigenvalue weighted by Crippen LogP contribution is -2.28. The van der Waals surface area contributed by atoms with Crippen LogP contribution in [0.3, 0.4) is 0 Å². The normalized spacial score (nSPS) is 13.7. The Bertz CT molecular complexity index is 713. The Morgan fingerprint density at radius 2 is 1.76 bits per heavy atom. The highest BCUT2D eigenvalue weighted by molar-refractivity contribution is 6.33. The first kappa shape index (κ1) is 13.9. The predicted octanol–water partition coefficient (Wildman–Crippen LogP) is 4.33. The first-order chi connectivity index (χ1) is 10.2. The Morgan fingerprint density at radius 3 is 2.48 bits per heavy atom. The van der Waals surface area contributed by atoms with E-state index in [1.807, 2.05) is 66.4 Å². The van der Waals surface area contributed by atoms with E-state index >= 15 is 0 Å². The molecule has 21 heavy (non-hydrogen) atoms. The van der Waals surface area contributed by atoms with Gasteiger partial charge in [-0.2, -0.15) is 0 Å². The highest BCUT2D eigenvalue weighted by Gasteiger charge is 2.17. The standard InChI is InChI=1S/C18H16ClNO/c1-13-8-9-14(18(21)20-10-4-5-11-20)12-16(13)15-6-2-3-7-17(15)19/h2-9,12H,10-11H2,1H3. The second-order valence-corrected chi connectivity index (χ2v) is 5.60. The number of rotatable bonds is 2. The Kier molecular flexibility index (Phi) is 3.80. The van der Waals surface area contributed by atoms with Gasteiger partial charge in [0.05, 0.1) is 0 Å². The third-order valence-electron chi connectivity index (χ3n) is 3.75. The van der Waals surface area contributed by atoms with E-state index in [1.165, 1.54) is 0 Å². The highest BCUT2D eigenvalue weighted by atomic mass is 35.5. The van der Waals surface area contributed by atoms with E-state index in [0.29, 0.717) is 23.7 Å². The molecule has 0 spiro atoms. The van der Waals surface area contributed by atoms with Gasteiger partial charge in [0.15, 0.2) is 0 Å². The molecule has 0 aliphatic carbocycles. The maximum atomic E-state index is 12.5. The number of hydrogen-bond donors (Lipinski definition) is 0. The third kappa shape index (κ3) is 2.72. The van der Waals surface area contributed by atoms with Crippen molar-refractivity contribution < 1.29 is 4.79 Å². The monoisotopic (exact) mass is 297 g/mol. The molecule has 0 aromatic heterocycles. The van der Waals surface area contributed by atoms with Crippen LogP contribution < -0.4 is 0 Å². The quantitative estimate of drug-likeness (QED) is 0.756. The van der Waals surface area contributed by atoms with Crippen LogP contribution in [0.5, 0.6) is 0 Å². The summed E-state index contributed by atoms with van der Waals surface area (Å²) < 4.78 is 0. The van der Waals surface area contributed by atoms with E-state index in [1.54, 1.807) is 0 Å². The fourth-order valence-corrected chi connectivity index (χ4v) is 2.79. The van der Waals surface area contributed by atoms with Gasteiger partial charge in [-0.3, -0.25) is 4.79 Å². The van der Waals surface area contributed by atoms with Crippen LogP contribution in [0.1, 0.15) is 15.9 Å². The van der Waals surface area contributed by atoms with E-state index in [-0.39, 0.29) is 5.91 Å². The summed E-state index contributed by atoms with van der Waals surface area (Å²) >= 11 is 6.28. The van der Waals surface area contributed by atoms with Gasteiger partial charge in [-0.25, -0.2) is 0 Å². The molecule has 0 bridgehead atoms. The zero-order valence-corrected chi connectivity index (χ0v) is 12.6. The van der Waals surface area contributed by atoms with Crippen molar-refractivity contribution in [1.29, 1.82) is 0 Å². The molecular formula is C18H16ClNO. The first-order valence-corrected chi connectivity index (χ1v) is 7.34. The summed E-state index contributed by atoms with van der Waals surface area (Å²) in [6, 6.07) is 13.5. The van der Waals surface area contributed by atoms with Crippen LogP contribution in [0.2, 0.25) is 5.02 Å². The van der Waals surface area contributed by atoms with Crippen LogP contribution in [0.15, 0.2) is 54.6 Å². The van der Waals surface area contributed by atoms with Crippen LogP contribution >= 0.6 is 11.6 Å². The van der Waals surface area contributed by atoms with E-state index in [4.69, 9.17) is 11.6 Å². The van der Waals surface area contributed by atoms with E-state index in [9.17, 15) is 4.79 Å². The Morgan fingerprint density at radius 1 is 1.05 bits per heavy atom. The smallest absolute Gasteiger partial charge is 0.254 e. The van der Waals surface area contributed by atoms with Crippen molar-refractivity contribution in [1.82, 2.24) is 4.90 Å². The van der Waals surface area contributed by atoms with Crippen molar-refractivity contribution in [2.75, 3.05) is 13.1 Å². The Labute approximate surface area is 129 Å². The summed E-state index contributed by atoms with van der Waals surface area (Å²) in [5.74, 6) is 0.0632. The fraction of sp³-hybridized carbons (Fsp3) is 0.167. The number of amides is 1. The van der Waals surface area contributed by atoms with Gasteiger partial charge in [-0.05, 0) is 36.2 Å². The molecule has 0 saturated heterocycles. The van der Waals surface area contributed by atoms with Crippen molar-refractivity contribution in [2.45, 2.75) is 6.92 Å². The topological polar surface area (TPSA) is 20.3 Å². The number of hydrogen-bond acceptors (Lipinski definition) is 1. The van der Waals surface area contributed by atoms with Gasteiger partial charge in [-0.1, -0.05) is 48.0 Å². The lowest BCUT2D eigenvalue weighted by molar-refractivity contribution is 0.0800. The van der Waals surface area contributed by atoms with Crippen molar-refractivity contribution in [3.63, 3.8) is 0 Å². The lowest BCUT2D eigenvalue weighted by atomic mass is 9.97. The molecule has 3 heteroatoms. The third-order valence-corrected chi connectivity index (χ3v) is 4.08. The van der Waals surface area contributed by atoms with Gasteiger partial charge in [0.1, 0.15) is 0 Å². The number of nitrogens with zero attached hydrogens (tertiary/aromatic N) is 1. The summed E-state index contributed by atoms with van der Waals surface area (Å²) in [4.78, 5) is 14.3. The van der Waals surface area contributed by atoms with Crippen LogP contribution in [-0.4, -0.2) is 23.9 Å². The number of halogens is 1. The molecule has 106 valence electrons. The maximum Gasteiger partial charge on any atom is 0.254 e. The number of carbonyl (C=O) groups is 1. The molecule has 0 radical (unpaired) electrons. The van der Waals surface area contributed by atoms with Crippen molar-refractivity contribution in [3.8, 4) is 11.1 Å². The number of aryl methyl sites for hydroxylation is 1. The summed E-state index contributed by atoms with van der Waals surface area (Å²) in [6.07, 6.45) is 4.03. The Hall–Kier alpha value is -2.06. The van der Waals surface area contributed by atoms with Gasteiger partial charge in [-0.15, -0.1) is 0 Å². The first-order valence-electron chi connectivity index (χ1n) is 6.96. The van der Waals surface area contributed by atoms with Gasteiger partial charge in [0, 0.05) is 29.2 Å². The molecule has 1 aliphatic heterocycles. The zero-order valence-electron chi connectivity index (χ0n) is 11.8. The molecule has 0 fully saturated rings. The molecular weight excluding hydrogens is 282 g/mol. The molecule has 2 aromatic rings. The molecule has 2 nitrogen and oxygen atoms in total. The van der Waals surface area contributed by atoms with Crippen molar-refractivity contribution in [3.05, 3.63) is 70.8 Å².